The van der Waals surface area contributed by atoms with Gasteiger partial charge in [-0.25, -0.2) is 4.79 Å². The van der Waals surface area contributed by atoms with Gasteiger partial charge in [0, 0.05) is 26.2 Å². The van der Waals surface area contributed by atoms with Crippen LogP contribution in [0.3, 0.4) is 0 Å². The van der Waals surface area contributed by atoms with Crippen molar-refractivity contribution < 1.29 is 9.90 Å². The van der Waals surface area contributed by atoms with Crippen molar-refractivity contribution >= 4 is 6.03 Å². The van der Waals surface area contributed by atoms with Gasteiger partial charge in [-0.05, 0) is 50.3 Å². The third-order valence-electron chi connectivity index (χ3n) is 4.16. The second kappa shape index (κ2) is 6.64. The monoisotopic (exact) mass is 276 g/mol. The smallest absolute Gasteiger partial charge is 0.319 e. The molecule has 0 spiro atoms. The highest BCUT2D eigenvalue weighted by Gasteiger charge is 2.25. The van der Waals surface area contributed by atoms with Crippen molar-refractivity contribution in [3.8, 4) is 5.75 Å². The molecule has 1 aliphatic rings. The van der Waals surface area contributed by atoms with E-state index in [9.17, 15) is 9.90 Å². The summed E-state index contributed by atoms with van der Waals surface area (Å²) in [7, 11) is 0. The molecule has 1 aliphatic heterocycles. The fourth-order valence-corrected chi connectivity index (χ4v) is 2.84. The largest absolute Gasteiger partial charge is 0.508 e. The highest BCUT2D eigenvalue weighted by molar-refractivity contribution is 5.74. The molecule has 1 heterocycles. The number of likely N-dealkylation sites (tertiary alicyclic amines) is 1. The van der Waals surface area contributed by atoms with Crippen LogP contribution in [0.15, 0.2) is 24.3 Å². The Labute approximate surface area is 121 Å². The van der Waals surface area contributed by atoms with Crippen LogP contribution in [0.2, 0.25) is 0 Å². The van der Waals surface area contributed by atoms with Crippen LogP contribution in [-0.4, -0.2) is 47.1 Å². The molecule has 1 saturated heterocycles. The van der Waals surface area contributed by atoms with E-state index in [4.69, 9.17) is 0 Å². The molecular formula is C16H24N2O2. The van der Waals surface area contributed by atoms with E-state index in [1.807, 2.05) is 35.8 Å². The molecule has 0 radical (unpaired) electrons. The first-order valence-electron chi connectivity index (χ1n) is 7.48. The van der Waals surface area contributed by atoms with Crippen molar-refractivity contribution in [3.63, 3.8) is 0 Å². The SMILES string of the molecule is CCN(CC)C(=O)N1CCC(c2ccc(O)cc2)CC1. The third kappa shape index (κ3) is 3.24. The van der Waals surface area contributed by atoms with Gasteiger partial charge in [-0.1, -0.05) is 12.1 Å². The fourth-order valence-electron chi connectivity index (χ4n) is 2.84. The number of hydrogen-bond donors (Lipinski definition) is 1. The summed E-state index contributed by atoms with van der Waals surface area (Å²) in [6.07, 6.45) is 2.00. The molecule has 4 nitrogen and oxygen atoms in total. The lowest BCUT2D eigenvalue weighted by Crippen LogP contribution is -2.46. The van der Waals surface area contributed by atoms with Gasteiger partial charge in [0.2, 0.25) is 0 Å². The summed E-state index contributed by atoms with van der Waals surface area (Å²) < 4.78 is 0. The first kappa shape index (κ1) is 14.7. The molecule has 0 unspecified atom stereocenters. The molecule has 0 aliphatic carbocycles. The maximum absolute atomic E-state index is 12.3. The molecule has 2 rings (SSSR count). The van der Waals surface area contributed by atoms with Gasteiger partial charge in [0.15, 0.2) is 0 Å². The Hall–Kier alpha value is -1.71. The van der Waals surface area contributed by atoms with Crippen LogP contribution in [0.1, 0.15) is 38.2 Å². The van der Waals surface area contributed by atoms with Gasteiger partial charge in [-0.2, -0.15) is 0 Å². The standard InChI is InChI=1S/C16H24N2O2/c1-3-17(4-2)16(20)18-11-9-14(10-12-18)13-5-7-15(19)8-6-13/h5-8,14,19H,3-4,9-12H2,1-2H3. The number of phenolic OH excluding ortho intramolecular Hbond substituents is 1. The third-order valence-corrected chi connectivity index (χ3v) is 4.16. The van der Waals surface area contributed by atoms with E-state index in [1.165, 1.54) is 5.56 Å². The van der Waals surface area contributed by atoms with Crippen molar-refractivity contribution in [3.05, 3.63) is 29.8 Å². The van der Waals surface area contributed by atoms with Gasteiger partial charge in [-0.15, -0.1) is 0 Å². The predicted molar refractivity (Wildman–Crippen MR) is 80.0 cm³/mol. The van der Waals surface area contributed by atoms with E-state index < -0.39 is 0 Å². The molecule has 0 saturated carbocycles. The Bertz CT molecular complexity index is 432. The molecule has 20 heavy (non-hydrogen) atoms. The average molecular weight is 276 g/mol. The topological polar surface area (TPSA) is 43.8 Å². The van der Waals surface area contributed by atoms with Gasteiger partial charge < -0.3 is 14.9 Å². The van der Waals surface area contributed by atoms with E-state index in [0.717, 1.165) is 39.0 Å². The number of urea groups is 1. The van der Waals surface area contributed by atoms with E-state index in [1.54, 1.807) is 12.1 Å². The van der Waals surface area contributed by atoms with Crippen LogP contribution in [0.25, 0.3) is 0 Å². The number of carbonyl (C=O) groups excluding carboxylic acids is 1. The summed E-state index contributed by atoms with van der Waals surface area (Å²) in [5.41, 5.74) is 1.26. The average Bonchev–Trinajstić information content (AvgIpc) is 2.49. The number of amides is 2. The second-order valence-corrected chi connectivity index (χ2v) is 5.31. The normalized spacial score (nSPS) is 16.2. The van der Waals surface area contributed by atoms with Crippen LogP contribution < -0.4 is 0 Å². The number of phenols is 1. The molecule has 1 aromatic carbocycles. The zero-order chi connectivity index (χ0) is 14.5. The summed E-state index contributed by atoms with van der Waals surface area (Å²) in [5.74, 6) is 0.805. The van der Waals surface area contributed by atoms with Crippen molar-refractivity contribution in [1.82, 2.24) is 9.80 Å². The molecule has 1 fully saturated rings. The van der Waals surface area contributed by atoms with Crippen molar-refractivity contribution in [2.24, 2.45) is 0 Å². The predicted octanol–water partition coefficient (Wildman–Crippen LogP) is 3.03. The lowest BCUT2D eigenvalue weighted by Gasteiger charge is -2.35. The molecule has 1 N–H and O–H groups in total. The number of benzene rings is 1. The van der Waals surface area contributed by atoms with E-state index >= 15 is 0 Å². The zero-order valence-electron chi connectivity index (χ0n) is 12.4. The molecule has 4 heteroatoms. The quantitative estimate of drug-likeness (QED) is 0.922. The van der Waals surface area contributed by atoms with E-state index in [0.29, 0.717) is 11.7 Å². The minimum Gasteiger partial charge on any atom is -0.508 e. The Balaban J connectivity index is 1.92. The number of piperidine rings is 1. The van der Waals surface area contributed by atoms with Gasteiger partial charge in [0.05, 0.1) is 0 Å². The van der Waals surface area contributed by atoms with E-state index in [2.05, 4.69) is 0 Å². The van der Waals surface area contributed by atoms with Crippen LogP contribution in [-0.2, 0) is 0 Å². The summed E-state index contributed by atoms with van der Waals surface area (Å²) >= 11 is 0. The lowest BCUT2D eigenvalue weighted by molar-refractivity contribution is 0.144. The van der Waals surface area contributed by atoms with Gasteiger partial charge in [0.1, 0.15) is 5.75 Å². The van der Waals surface area contributed by atoms with Crippen molar-refractivity contribution in [1.29, 1.82) is 0 Å². The maximum Gasteiger partial charge on any atom is 0.319 e. The van der Waals surface area contributed by atoms with Crippen LogP contribution in [0.4, 0.5) is 4.79 Å². The highest BCUT2D eigenvalue weighted by atomic mass is 16.3. The number of hydrogen-bond acceptors (Lipinski definition) is 2. The Morgan fingerprint density at radius 3 is 2.25 bits per heavy atom. The minimum absolute atomic E-state index is 0.166. The summed E-state index contributed by atoms with van der Waals surface area (Å²) in [6.45, 7) is 7.22. The van der Waals surface area contributed by atoms with E-state index in [-0.39, 0.29) is 6.03 Å². The summed E-state index contributed by atoms with van der Waals surface area (Å²) in [6, 6.07) is 7.62. The Morgan fingerprint density at radius 2 is 1.75 bits per heavy atom. The summed E-state index contributed by atoms with van der Waals surface area (Å²) in [4.78, 5) is 16.1. The molecule has 110 valence electrons. The molecule has 0 atom stereocenters. The molecule has 0 aromatic heterocycles. The Morgan fingerprint density at radius 1 is 1.20 bits per heavy atom. The first-order chi connectivity index (χ1) is 9.65. The number of nitrogens with zero attached hydrogens (tertiary/aromatic N) is 2. The van der Waals surface area contributed by atoms with Crippen molar-refractivity contribution in [2.45, 2.75) is 32.6 Å². The zero-order valence-corrected chi connectivity index (χ0v) is 12.4. The van der Waals surface area contributed by atoms with Gasteiger partial charge >= 0.3 is 6.03 Å². The molecular weight excluding hydrogens is 252 g/mol. The number of rotatable bonds is 3. The minimum atomic E-state index is 0.166. The second-order valence-electron chi connectivity index (χ2n) is 5.31. The molecule has 1 aromatic rings. The van der Waals surface area contributed by atoms with Gasteiger partial charge in [0.25, 0.3) is 0 Å². The molecule has 2 amide bonds. The van der Waals surface area contributed by atoms with Crippen LogP contribution in [0, 0.1) is 0 Å². The fraction of sp³-hybridized carbons (Fsp3) is 0.562. The van der Waals surface area contributed by atoms with Crippen molar-refractivity contribution in [2.75, 3.05) is 26.2 Å². The number of carbonyl (C=O) groups is 1. The molecule has 0 bridgehead atoms. The summed E-state index contributed by atoms with van der Waals surface area (Å²) in [5, 5.41) is 9.33. The van der Waals surface area contributed by atoms with Crippen LogP contribution >= 0.6 is 0 Å². The van der Waals surface area contributed by atoms with Crippen LogP contribution in [0.5, 0.6) is 5.75 Å². The number of aromatic hydroxyl groups is 1. The first-order valence-corrected chi connectivity index (χ1v) is 7.48. The lowest BCUT2D eigenvalue weighted by atomic mass is 9.89. The maximum atomic E-state index is 12.3. The Kier molecular flexibility index (Phi) is 4.88. The highest BCUT2D eigenvalue weighted by Crippen LogP contribution is 2.29. The van der Waals surface area contributed by atoms with Gasteiger partial charge in [-0.3, -0.25) is 0 Å².